The summed E-state index contributed by atoms with van der Waals surface area (Å²) in [5.74, 6) is -1.57. The van der Waals surface area contributed by atoms with Gasteiger partial charge in [-0.15, -0.1) is 0 Å². The quantitative estimate of drug-likeness (QED) is 0.571. The summed E-state index contributed by atoms with van der Waals surface area (Å²) >= 11 is 0. The Balaban J connectivity index is 1.71. The molecule has 0 radical (unpaired) electrons. The van der Waals surface area contributed by atoms with Crippen LogP contribution in [0.1, 0.15) is 38.7 Å². The maximum Gasteiger partial charge on any atom is 0.326 e. The van der Waals surface area contributed by atoms with E-state index in [0.29, 0.717) is 32.5 Å². The van der Waals surface area contributed by atoms with Gasteiger partial charge in [-0.3, -0.25) is 14.9 Å². The first kappa shape index (κ1) is 23.2. The molecule has 1 aromatic rings. The summed E-state index contributed by atoms with van der Waals surface area (Å²) < 4.78 is 10.7. The van der Waals surface area contributed by atoms with E-state index in [0.717, 1.165) is 12.0 Å². The number of fused-ring (bicyclic) bond motifs is 1. The summed E-state index contributed by atoms with van der Waals surface area (Å²) in [4.78, 5) is 39.2. The largest absolute Gasteiger partial charge is 0.480 e. The molecular weight excluding hydrogens is 400 g/mol. The van der Waals surface area contributed by atoms with Crippen molar-refractivity contribution in [2.75, 3.05) is 19.8 Å². The second-order valence-electron chi connectivity index (χ2n) is 8.26. The predicted molar refractivity (Wildman–Crippen MR) is 113 cm³/mol. The van der Waals surface area contributed by atoms with Crippen LogP contribution in [0.3, 0.4) is 0 Å². The van der Waals surface area contributed by atoms with Gasteiger partial charge in [-0.1, -0.05) is 30.3 Å². The van der Waals surface area contributed by atoms with Crippen LogP contribution in [0.5, 0.6) is 0 Å². The lowest BCUT2D eigenvalue weighted by Gasteiger charge is -2.42. The lowest BCUT2D eigenvalue weighted by Crippen LogP contribution is -2.61. The van der Waals surface area contributed by atoms with Gasteiger partial charge in [-0.05, 0) is 45.1 Å². The number of carboxylic acids is 1. The van der Waals surface area contributed by atoms with Crippen LogP contribution >= 0.6 is 0 Å². The zero-order chi connectivity index (χ0) is 22.4. The Morgan fingerprint density at radius 3 is 2.65 bits per heavy atom. The number of nitrogens with one attached hydrogen (secondary N) is 1. The molecule has 170 valence electrons. The minimum Gasteiger partial charge on any atom is -0.480 e. The van der Waals surface area contributed by atoms with Crippen LogP contribution in [0.25, 0.3) is 0 Å². The van der Waals surface area contributed by atoms with Gasteiger partial charge in [0.25, 0.3) is 0 Å². The molecule has 31 heavy (non-hydrogen) atoms. The summed E-state index contributed by atoms with van der Waals surface area (Å²) in [5.41, 5.74) is 1.09. The van der Waals surface area contributed by atoms with Crippen molar-refractivity contribution in [1.29, 1.82) is 0 Å². The van der Waals surface area contributed by atoms with E-state index in [2.05, 4.69) is 5.32 Å². The van der Waals surface area contributed by atoms with E-state index in [1.807, 2.05) is 30.3 Å². The van der Waals surface area contributed by atoms with E-state index in [-0.39, 0.29) is 24.5 Å². The van der Waals surface area contributed by atoms with Crippen molar-refractivity contribution in [3.63, 3.8) is 0 Å². The molecule has 2 saturated heterocycles. The topological polar surface area (TPSA) is 105 Å². The van der Waals surface area contributed by atoms with Crippen molar-refractivity contribution in [2.24, 2.45) is 5.92 Å². The molecule has 3 rings (SSSR count). The Hall–Kier alpha value is -2.45. The van der Waals surface area contributed by atoms with Crippen molar-refractivity contribution in [2.45, 2.75) is 63.7 Å². The minimum atomic E-state index is -1.00. The van der Waals surface area contributed by atoms with Crippen molar-refractivity contribution in [3.8, 4) is 0 Å². The van der Waals surface area contributed by atoms with Gasteiger partial charge in [0, 0.05) is 5.92 Å². The third-order valence-corrected chi connectivity index (χ3v) is 6.17. The summed E-state index contributed by atoms with van der Waals surface area (Å²) in [6, 6.07) is 7.29. The molecule has 3 unspecified atom stereocenters. The van der Waals surface area contributed by atoms with Gasteiger partial charge < -0.3 is 19.5 Å². The van der Waals surface area contributed by atoms with E-state index in [1.165, 1.54) is 4.90 Å². The second-order valence-corrected chi connectivity index (χ2v) is 8.26. The first-order valence-corrected chi connectivity index (χ1v) is 11.0. The Morgan fingerprint density at radius 1 is 1.23 bits per heavy atom. The van der Waals surface area contributed by atoms with E-state index in [4.69, 9.17) is 9.47 Å². The average Bonchev–Trinajstić information content (AvgIpc) is 3.25. The van der Waals surface area contributed by atoms with E-state index in [1.54, 1.807) is 13.8 Å². The highest BCUT2D eigenvalue weighted by Crippen LogP contribution is 2.33. The third kappa shape index (κ3) is 5.62. The molecule has 0 aliphatic carbocycles. The van der Waals surface area contributed by atoms with Gasteiger partial charge in [-0.25, -0.2) is 4.79 Å². The van der Waals surface area contributed by atoms with Crippen LogP contribution < -0.4 is 5.32 Å². The summed E-state index contributed by atoms with van der Waals surface area (Å²) in [6.07, 6.45) is 2.26. The first-order chi connectivity index (χ1) is 14.9. The normalized spacial score (nSPS) is 24.8. The average molecular weight is 433 g/mol. The van der Waals surface area contributed by atoms with Crippen LogP contribution in [0.15, 0.2) is 30.3 Å². The number of ether oxygens (including phenoxy) is 2. The number of nitrogens with zero attached hydrogens (tertiary/aromatic N) is 1. The lowest BCUT2D eigenvalue weighted by molar-refractivity contribution is -0.157. The molecule has 2 fully saturated rings. The van der Waals surface area contributed by atoms with Gasteiger partial charge >= 0.3 is 11.9 Å². The molecule has 2 aliphatic rings. The predicted octanol–water partition coefficient (Wildman–Crippen LogP) is 1.62. The molecule has 8 nitrogen and oxygen atoms in total. The van der Waals surface area contributed by atoms with Gasteiger partial charge in [0.05, 0.1) is 31.9 Å². The van der Waals surface area contributed by atoms with Crippen LogP contribution in [-0.4, -0.2) is 71.8 Å². The molecule has 1 aromatic carbocycles. The molecule has 2 heterocycles. The number of piperidine rings is 1. The maximum atomic E-state index is 13.3. The molecule has 2 aliphatic heterocycles. The number of benzene rings is 1. The zero-order valence-electron chi connectivity index (χ0n) is 18.2. The molecule has 0 bridgehead atoms. The fraction of sp³-hybridized carbons (Fsp3) is 0.609. The van der Waals surface area contributed by atoms with Gasteiger partial charge in [-0.2, -0.15) is 0 Å². The molecular formula is C23H32N2O6. The van der Waals surface area contributed by atoms with Crippen LogP contribution in [0, 0.1) is 5.92 Å². The minimum absolute atomic E-state index is 0.158. The number of likely N-dealkylation sites (tertiary alicyclic amines) is 1. The molecule has 0 saturated carbocycles. The molecule has 8 heteroatoms. The maximum absolute atomic E-state index is 13.3. The number of rotatable bonds is 9. The number of carbonyl (C=O) groups is 3. The number of carboxylic acid groups (broad SMARTS) is 1. The number of aliphatic carboxylic acids is 1. The van der Waals surface area contributed by atoms with Crippen LogP contribution in [0.4, 0.5) is 0 Å². The van der Waals surface area contributed by atoms with E-state index in [9.17, 15) is 19.5 Å². The Morgan fingerprint density at radius 2 is 1.97 bits per heavy atom. The highest BCUT2D eigenvalue weighted by Gasteiger charge is 2.46. The van der Waals surface area contributed by atoms with Crippen molar-refractivity contribution in [1.82, 2.24) is 10.2 Å². The van der Waals surface area contributed by atoms with Gasteiger partial charge in [0.2, 0.25) is 5.91 Å². The smallest absolute Gasteiger partial charge is 0.326 e. The monoisotopic (exact) mass is 432 g/mol. The lowest BCUT2D eigenvalue weighted by atomic mass is 9.87. The Kier molecular flexibility index (Phi) is 8.03. The van der Waals surface area contributed by atoms with Crippen molar-refractivity contribution < 1.29 is 29.0 Å². The fourth-order valence-corrected chi connectivity index (χ4v) is 4.54. The number of carbonyl (C=O) groups excluding carboxylic acids is 2. The van der Waals surface area contributed by atoms with Gasteiger partial charge in [0.1, 0.15) is 12.1 Å². The Labute approximate surface area is 182 Å². The number of hydrogen-bond acceptors (Lipinski definition) is 6. The summed E-state index contributed by atoms with van der Waals surface area (Å²) in [6.45, 7) is 4.56. The zero-order valence-corrected chi connectivity index (χ0v) is 18.2. The van der Waals surface area contributed by atoms with E-state index >= 15 is 0 Å². The fourth-order valence-electron chi connectivity index (χ4n) is 4.54. The molecule has 5 atom stereocenters. The Bertz CT molecular complexity index is 771. The van der Waals surface area contributed by atoms with Crippen molar-refractivity contribution >= 4 is 17.8 Å². The number of esters is 1. The second kappa shape index (κ2) is 10.7. The number of amides is 1. The number of aryl methyl sites for hydroxylation is 1. The SMILES string of the molecule is CCOC(=O)C(CCc1ccccc1)N[C@@H](C)C(=O)N1C2COCC2CC[C@H]1C(=O)O. The van der Waals surface area contributed by atoms with Crippen LogP contribution in [-0.2, 0) is 30.3 Å². The first-order valence-electron chi connectivity index (χ1n) is 11.0. The standard InChI is InChI=1S/C23H32N2O6/c1-3-31-23(29)18(11-9-16-7-5-4-6-8-16)24-15(2)21(26)25-19(22(27)28)12-10-17-13-30-14-20(17)25/h4-8,15,17-20,24H,3,9-14H2,1-2H3,(H,27,28)/t15-,17?,18?,19-,20?/m0/s1. The summed E-state index contributed by atoms with van der Waals surface area (Å²) in [5, 5.41) is 12.8. The van der Waals surface area contributed by atoms with E-state index < -0.39 is 30.1 Å². The van der Waals surface area contributed by atoms with Crippen molar-refractivity contribution in [3.05, 3.63) is 35.9 Å². The highest BCUT2D eigenvalue weighted by atomic mass is 16.5. The molecule has 2 N–H and O–H groups in total. The molecule has 0 spiro atoms. The molecule has 1 amide bonds. The summed E-state index contributed by atoms with van der Waals surface area (Å²) in [7, 11) is 0. The third-order valence-electron chi connectivity index (χ3n) is 6.17. The van der Waals surface area contributed by atoms with Crippen LogP contribution in [0.2, 0.25) is 0 Å². The highest BCUT2D eigenvalue weighted by molar-refractivity contribution is 5.88. The number of hydrogen-bond donors (Lipinski definition) is 2. The molecule has 0 aromatic heterocycles. The van der Waals surface area contributed by atoms with Gasteiger partial charge in [0.15, 0.2) is 0 Å².